The monoisotopic (exact) mass is 300 g/mol. The minimum absolute atomic E-state index is 0.0313. The lowest BCUT2D eigenvalue weighted by molar-refractivity contribution is -0.120. The topological polar surface area (TPSA) is 66.9 Å². The van der Waals surface area contributed by atoms with Gasteiger partial charge in [-0.25, -0.2) is 0 Å². The predicted molar refractivity (Wildman–Crippen MR) is 79.8 cm³/mol. The molecule has 1 aliphatic carbocycles. The molecule has 1 fully saturated rings. The van der Waals surface area contributed by atoms with Crippen LogP contribution < -0.4 is 10.6 Å². The molecule has 2 rings (SSSR count). The molecule has 1 amide bonds. The summed E-state index contributed by atoms with van der Waals surface area (Å²) >= 11 is 2.95. The molecular formula is C12H20N4OS2. The highest BCUT2D eigenvalue weighted by Crippen LogP contribution is 2.30. The van der Waals surface area contributed by atoms with E-state index in [9.17, 15) is 4.79 Å². The quantitative estimate of drug-likeness (QED) is 0.818. The summed E-state index contributed by atoms with van der Waals surface area (Å²) in [6, 6.07) is 0.406. The second-order valence-electron chi connectivity index (χ2n) is 5.79. The van der Waals surface area contributed by atoms with Crippen molar-refractivity contribution in [3.63, 3.8) is 0 Å². The molecule has 0 radical (unpaired) electrons. The van der Waals surface area contributed by atoms with Crippen molar-refractivity contribution in [1.82, 2.24) is 15.5 Å². The zero-order chi connectivity index (χ0) is 14.0. The Balaban J connectivity index is 1.86. The maximum absolute atomic E-state index is 11.8. The van der Waals surface area contributed by atoms with Crippen LogP contribution in [0.5, 0.6) is 0 Å². The summed E-state index contributed by atoms with van der Waals surface area (Å²) in [4.78, 5) is 11.8. The average molecular weight is 300 g/mol. The highest BCUT2D eigenvalue weighted by atomic mass is 32.2. The SMILES string of the molecule is CC(Sc1nnc(NC(C)(C)C)s1)C(=O)NC1CC1. The van der Waals surface area contributed by atoms with Crippen molar-refractivity contribution in [3.8, 4) is 0 Å². The van der Waals surface area contributed by atoms with E-state index in [2.05, 4.69) is 41.6 Å². The third-order valence-corrected chi connectivity index (χ3v) is 4.48. The molecule has 1 atom stereocenters. The van der Waals surface area contributed by atoms with Gasteiger partial charge in [0.05, 0.1) is 5.25 Å². The minimum Gasteiger partial charge on any atom is -0.355 e. The van der Waals surface area contributed by atoms with E-state index in [-0.39, 0.29) is 16.7 Å². The van der Waals surface area contributed by atoms with E-state index in [1.165, 1.54) is 23.1 Å². The van der Waals surface area contributed by atoms with Crippen molar-refractivity contribution in [2.24, 2.45) is 0 Å². The predicted octanol–water partition coefficient (Wildman–Crippen LogP) is 2.51. The van der Waals surface area contributed by atoms with Crippen molar-refractivity contribution in [3.05, 3.63) is 0 Å². The molecule has 0 aromatic carbocycles. The van der Waals surface area contributed by atoms with E-state index >= 15 is 0 Å². The molecule has 1 unspecified atom stereocenters. The molecule has 1 aromatic rings. The van der Waals surface area contributed by atoms with Crippen LogP contribution in [-0.2, 0) is 4.79 Å². The molecule has 1 aliphatic rings. The van der Waals surface area contributed by atoms with Gasteiger partial charge in [0.1, 0.15) is 0 Å². The molecule has 106 valence electrons. The lowest BCUT2D eigenvalue weighted by Crippen LogP contribution is -2.32. The van der Waals surface area contributed by atoms with Gasteiger partial charge >= 0.3 is 0 Å². The Labute approximate surface area is 122 Å². The minimum atomic E-state index is -0.129. The summed E-state index contributed by atoms with van der Waals surface area (Å²) in [5, 5.41) is 15.1. The Hall–Kier alpha value is -0.820. The van der Waals surface area contributed by atoms with Gasteiger partial charge in [0.25, 0.3) is 0 Å². The number of carbonyl (C=O) groups excluding carboxylic acids is 1. The van der Waals surface area contributed by atoms with Crippen molar-refractivity contribution in [1.29, 1.82) is 0 Å². The van der Waals surface area contributed by atoms with Crippen LogP contribution in [-0.4, -0.2) is 32.9 Å². The molecule has 2 N–H and O–H groups in total. The molecule has 0 bridgehead atoms. The Morgan fingerprint density at radius 1 is 1.42 bits per heavy atom. The number of amides is 1. The van der Waals surface area contributed by atoms with Crippen LogP contribution in [0.4, 0.5) is 5.13 Å². The standard InChI is InChI=1S/C12H20N4OS2/c1-7(9(17)13-8-5-6-8)18-11-16-15-10(19-11)14-12(2,3)4/h7-8H,5-6H2,1-4H3,(H,13,17)(H,14,15). The lowest BCUT2D eigenvalue weighted by atomic mass is 10.1. The van der Waals surface area contributed by atoms with E-state index in [4.69, 9.17) is 0 Å². The largest absolute Gasteiger partial charge is 0.355 e. The van der Waals surface area contributed by atoms with Crippen LogP contribution in [0, 0.1) is 0 Å². The molecule has 1 heterocycles. The molecule has 19 heavy (non-hydrogen) atoms. The maximum Gasteiger partial charge on any atom is 0.233 e. The molecule has 0 saturated heterocycles. The summed E-state index contributed by atoms with van der Waals surface area (Å²) in [6.07, 6.45) is 2.23. The smallest absolute Gasteiger partial charge is 0.233 e. The number of anilines is 1. The second-order valence-corrected chi connectivity index (χ2v) is 8.36. The van der Waals surface area contributed by atoms with Gasteiger partial charge in [-0.1, -0.05) is 23.1 Å². The van der Waals surface area contributed by atoms with Crippen LogP contribution in [0.25, 0.3) is 0 Å². The number of carbonyl (C=O) groups is 1. The van der Waals surface area contributed by atoms with Gasteiger partial charge in [0, 0.05) is 11.6 Å². The number of aromatic nitrogens is 2. The highest BCUT2D eigenvalue weighted by molar-refractivity contribution is 8.02. The first-order chi connectivity index (χ1) is 8.83. The molecular weight excluding hydrogens is 280 g/mol. The van der Waals surface area contributed by atoms with Gasteiger partial charge in [-0.2, -0.15) is 0 Å². The zero-order valence-corrected chi connectivity index (χ0v) is 13.3. The van der Waals surface area contributed by atoms with E-state index in [0.29, 0.717) is 6.04 Å². The molecule has 7 heteroatoms. The third-order valence-electron chi connectivity index (χ3n) is 2.46. The highest BCUT2D eigenvalue weighted by Gasteiger charge is 2.26. The third kappa shape index (κ3) is 4.99. The Morgan fingerprint density at radius 3 is 2.68 bits per heavy atom. The van der Waals surface area contributed by atoms with Crippen molar-refractivity contribution in [2.75, 3.05) is 5.32 Å². The van der Waals surface area contributed by atoms with E-state index in [1.54, 1.807) is 0 Å². The molecule has 1 aromatic heterocycles. The summed E-state index contributed by atoms with van der Waals surface area (Å²) in [5.41, 5.74) is -0.0313. The molecule has 0 spiro atoms. The van der Waals surface area contributed by atoms with Gasteiger partial charge in [0.2, 0.25) is 11.0 Å². The molecule has 5 nitrogen and oxygen atoms in total. The van der Waals surface area contributed by atoms with E-state index < -0.39 is 0 Å². The van der Waals surface area contributed by atoms with Gasteiger partial charge in [-0.3, -0.25) is 4.79 Å². The number of nitrogens with zero attached hydrogens (tertiary/aromatic N) is 2. The van der Waals surface area contributed by atoms with Crippen molar-refractivity contribution >= 4 is 34.1 Å². The maximum atomic E-state index is 11.8. The van der Waals surface area contributed by atoms with Crippen molar-refractivity contribution < 1.29 is 4.79 Å². The summed E-state index contributed by atoms with van der Waals surface area (Å²) < 4.78 is 0.824. The Morgan fingerprint density at radius 2 is 2.11 bits per heavy atom. The Bertz CT molecular complexity index is 451. The first-order valence-corrected chi connectivity index (χ1v) is 8.12. The molecule has 0 aliphatic heterocycles. The zero-order valence-electron chi connectivity index (χ0n) is 11.7. The van der Waals surface area contributed by atoms with Gasteiger partial charge < -0.3 is 10.6 Å². The van der Waals surface area contributed by atoms with Crippen LogP contribution in [0.15, 0.2) is 4.34 Å². The number of rotatable bonds is 5. The van der Waals surface area contributed by atoms with E-state index in [1.807, 2.05) is 6.92 Å². The number of hydrogen-bond donors (Lipinski definition) is 2. The fourth-order valence-electron chi connectivity index (χ4n) is 1.38. The van der Waals surface area contributed by atoms with E-state index in [0.717, 1.165) is 22.3 Å². The second kappa shape index (κ2) is 5.66. The molecule has 1 saturated carbocycles. The first-order valence-electron chi connectivity index (χ1n) is 6.42. The normalized spacial score (nSPS) is 17.1. The van der Waals surface area contributed by atoms with Crippen LogP contribution in [0.2, 0.25) is 0 Å². The van der Waals surface area contributed by atoms with Gasteiger partial charge in [-0.05, 0) is 40.5 Å². The van der Waals surface area contributed by atoms with Crippen molar-refractivity contribution in [2.45, 2.75) is 61.7 Å². The van der Waals surface area contributed by atoms with Gasteiger partial charge in [0.15, 0.2) is 4.34 Å². The fourth-order valence-corrected chi connectivity index (χ4v) is 3.49. The average Bonchev–Trinajstić information content (AvgIpc) is 2.98. The van der Waals surface area contributed by atoms with Gasteiger partial charge in [-0.15, -0.1) is 10.2 Å². The van der Waals surface area contributed by atoms with Crippen LogP contribution in [0.3, 0.4) is 0 Å². The number of hydrogen-bond acceptors (Lipinski definition) is 6. The number of thioether (sulfide) groups is 1. The fraction of sp³-hybridized carbons (Fsp3) is 0.750. The van der Waals surface area contributed by atoms with Crippen LogP contribution >= 0.6 is 23.1 Å². The number of nitrogens with one attached hydrogen (secondary N) is 2. The van der Waals surface area contributed by atoms with Crippen LogP contribution in [0.1, 0.15) is 40.5 Å². The first kappa shape index (κ1) is 14.6. The Kier molecular flexibility index (Phi) is 4.35. The summed E-state index contributed by atoms with van der Waals surface area (Å²) in [6.45, 7) is 8.13. The summed E-state index contributed by atoms with van der Waals surface area (Å²) in [7, 11) is 0. The lowest BCUT2D eigenvalue weighted by Gasteiger charge is -2.18. The summed E-state index contributed by atoms with van der Waals surface area (Å²) in [5.74, 6) is 0.0908.